The fourth-order valence-electron chi connectivity index (χ4n) is 2.57. The Kier molecular flexibility index (Phi) is 4.24. The molecule has 1 aliphatic rings. The Labute approximate surface area is 114 Å². The number of nitrogens with one attached hydrogen (secondary N) is 1. The van der Waals surface area contributed by atoms with Crippen molar-refractivity contribution in [1.29, 1.82) is 0 Å². The van der Waals surface area contributed by atoms with E-state index in [2.05, 4.69) is 0 Å². The first-order valence-corrected chi connectivity index (χ1v) is 8.47. The monoisotopic (exact) mass is 281 g/mol. The molecule has 0 atom stereocenters. The second-order valence-corrected chi connectivity index (χ2v) is 6.91. The molecule has 0 radical (unpaired) electrons. The summed E-state index contributed by atoms with van der Waals surface area (Å²) < 4.78 is 24.0. The topological polar surface area (TPSA) is 63.2 Å². The van der Waals surface area contributed by atoms with Crippen LogP contribution in [0.1, 0.15) is 53.9 Å². The summed E-state index contributed by atoms with van der Waals surface area (Å²) in [5, 5.41) is 0. The highest BCUT2D eigenvalue weighted by atomic mass is 32.2. The molecule has 1 fully saturated rings. The van der Waals surface area contributed by atoms with Crippen LogP contribution in [0.15, 0.2) is 24.3 Å². The Hall–Kier alpha value is -1.36. The third-order valence-corrected chi connectivity index (χ3v) is 4.08. The van der Waals surface area contributed by atoms with Gasteiger partial charge < -0.3 is 0 Å². The number of carbonyl (C=O) groups is 1. The van der Waals surface area contributed by atoms with Crippen molar-refractivity contribution in [3.05, 3.63) is 35.4 Å². The quantitative estimate of drug-likeness (QED) is 0.925. The molecule has 0 saturated heterocycles. The number of amides is 1. The van der Waals surface area contributed by atoms with Gasteiger partial charge in [0.1, 0.15) is 0 Å². The van der Waals surface area contributed by atoms with Crippen LogP contribution < -0.4 is 4.72 Å². The van der Waals surface area contributed by atoms with Gasteiger partial charge in [-0.15, -0.1) is 0 Å². The van der Waals surface area contributed by atoms with Gasteiger partial charge in [0.15, 0.2) is 0 Å². The molecule has 19 heavy (non-hydrogen) atoms. The summed E-state index contributed by atoms with van der Waals surface area (Å²) in [4.78, 5) is 11.7. The second-order valence-electron chi connectivity index (χ2n) is 5.16. The summed E-state index contributed by atoms with van der Waals surface area (Å²) in [6.45, 7) is 0. The van der Waals surface area contributed by atoms with Gasteiger partial charge in [-0.3, -0.25) is 4.79 Å². The van der Waals surface area contributed by atoms with Crippen molar-refractivity contribution in [2.24, 2.45) is 0 Å². The lowest BCUT2D eigenvalue weighted by molar-refractivity contribution is 0.0981. The number of rotatable bonds is 3. The van der Waals surface area contributed by atoms with Crippen LogP contribution in [0.4, 0.5) is 0 Å². The zero-order valence-electron chi connectivity index (χ0n) is 11.1. The zero-order valence-corrected chi connectivity index (χ0v) is 11.9. The zero-order chi connectivity index (χ0) is 13.9. The van der Waals surface area contributed by atoms with Gasteiger partial charge in [-0.1, -0.05) is 31.4 Å². The van der Waals surface area contributed by atoms with Gasteiger partial charge >= 0.3 is 0 Å². The smallest absolute Gasteiger partial charge is 0.264 e. The normalized spacial score (nSPS) is 17.1. The van der Waals surface area contributed by atoms with Crippen molar-refractivity contribution >= 4 is 15.9 Å². The Morgan fingerprint density at radius 3 is 2.21 bits per heavy atom. The van der Waals surface area contributed by atoms with E-state index < -0.39 is 15.9 Å². The lowest BCUT2D eigenvalue weighted by Crippen LogP contribution is -2.29. The van der Waals surface area contributed by atoms with Crippen LogP contribution in [-0.4, -0.2) is 20.6 Å². The van der Waals surface area contributed by atoms with E-state index in [1.807, 2.05) is 16.9 Å². The standard InChI is InChI=1S/C14H19NO3S/c1-19(17,18)15-14(16)13-9-7-12(8-10-13)11-5-3-2-4-6-11/h7-11H,2-6H2,1H3,(H,15,16). The fraction of sp³-hybridized carbons (Fsp3) is 0.500. The highest BCUT2D eigenvalue weighted by Crippen LogP contribution is 2.32. The molecule has 0 bridgehead atoms. The van der Waals surface area contributed by atoms with Gasteiger partial charge in [-0.2, -0.15) is 0 Å². The second kappa shape index (κ2) is 5.74. The van der Waals surface area contributed by atoms with Gasteiger partial charge in [0.05, 0.1) is 6.26 Å². The SMILES string of the molecule is CS(=O)(=O)NC(=O)c1ccc(C2CCCCC2)cc1. The predicted molar refractivity (Wildman–Crippen MR) is 74.6 cm³/mol. The molecule has 5 heteroatoms. The summed E-state index contributed by atoms with van der Waals surface area (Å²) in [7, 11) is -3.50. The first-order valence-electron chi connectivity index (χ1n) is 6.58. The molecule has 0 aromatic heterocycles. The van der Waals surface area contributed by atoms with Gasteiger partial charge in [0, 0.05) is 5.56 Å². The van der Waals surface area contributed by atoms with Gasteiger partial charge in [0.25, 0.3) is 5.91 Å². The minimum absolute atomic E-state index is 0.380. The number of benzene rings is 1. The van der Waals surface area contributed by atoms with Gasteiger partial charge in [-0.25, -0.2) is 13.1 Å². The minimum Gasteiger partial charge on any atom is -0.268 e. The van der Waals surface area contributed by atoms with E-state index in [4.69, 9.17) is 0 Å². The van der Waals surface area contributed by atoms with Crippen molar-refractivity contribution in [3.8, 4) is 0 Å². The molecule has 0 aliphatic heterocycles. The maximum absolute atomic E-state index is 11.7. The molecular formula is C14H19NO3S. The molecular weight excluding hydrogens is 262 g/mol. The molecule has 4 nitrogen and oxygen atoms in total. The van der Waals surface area contributed by atoms with Crippen molar-refractivity contribution in [1.82, 2.24) is 4.72 Å². The van der Waals surface area contributed by atoms with E-state index in [1.54, 1.807) is 12.1 Å². The fourth-order valence-corrected chi connectivity index (χ4v) is 3.02. The molecule has 1 aromatic carbocycles. The number of sulfonamides is 1. The highest BCUT2D eigenvalue weighted by molar-refractivity contribution is 7.89. The summed E-state index contributed by atoms with van der Waals surface area (Å²) in [5.41, 5.74) is 1.63. The van der Waals surface area contributed by atoms with Crippen molar-refractivity contribution < 1.29 is 13.2 Å². The van der Waals surface area contributed by atoms with E-state index in [0.717, 1.165) is 6.26 Å². The lowest BCUT2D eigenvalue weighted by Gasteiger charge is -2.22. The van der Waals surface area contributed by atoms with E-state index in [1.165, 1.54) is 37.7 Å². The van der Waals surface area contributed by atoms with E-state index >= 15 is 0 Å². The molecule has 2 rings (SSSR count). The lowest BCUT2D eigenvalue weighted by atomic mass is 9.84. The Morgan fingerprint density at radius 2 is 1.68 bits per heavy atom. The summed E-state index contributed by atoms with van der Waals surface area (Å²) in [6, 6.07) is 7.27. The van der Waals surface area contributed by atoms with Crippen LogP contribution in [0.3, 0.4) is 0 Å². The Morgan fingerprint density at radius 1 is 1.11 bits per heavy atom. The van der Waals surface area contributed by atoms with Crippen molar-refractivity contribution in [2.75, 3.05) is 6.26 Å². The van der Waals surface area contributed by atoms with Crippen LogP contribution in [0.25, 0.3) is 0 Å². The maximum Gasteiger partial charge on any atom is 0.264 e. The third-order valence-electron chi connectivity index (χ3n) is 3.53. The van der Waals surface area contributed by atoms with Crippen molar-refractivity contribution in [2.45, 2.75) is 38.0 Å². The van der Waals surface area contributed by atoms with Crippen LogP contribution in [-0.2, 0) is 10.0 Å². The highest BCUT2D eigenvalue weighted by Gasteiger charge is 2.16. The largest absolute Gasteiger partial charge is 0.268 e. The first-order chi connectivity index (χ1) is 8.96. The average Bonchev–Trinajstić information content (AvgIpc) is 2.38. The number of hydrogen-bond acceptors (Lipinski definition) is 3. The summed E-state index contributed by atoms with van der Waals surface area (Å²) in [6.07, 6.45) is 7.22. The molecule has 104 valence electrons. The van der Waals surface area contributed by atoms with Gasteiger partial charge in [-0.05, 0) is 36.5 Å². The van der Waals surface area contributed by atoms with Crippen LogP contribution in [0, 0.1) is 0 Å². The summed E-state index contributed by atoms with van der Waals surface area (Å²) >= 11 is 0. The molecule has 1 saturated carbocycles. The molecule has 1 N–H and O–H groups in total. The van der Waals surface area contributed by atoms with Crippen molar-refractivity contribution in [3.63, 3.8) is 0 Å². The molecule has 1 aliphatic carbocycles. The van der Waals surface area contributed by atoms with E-state index in [-0.39, 0.29) is 0 Å². The van der Waals surface area contributed by atoms with Crippen LogP contribution in [0.2, 0.25) is 0 Å². The van der Waals surface area contributed by atoms with Crippen LogP contribution >= 0.6 is 0 Å². The molecule has 0 heterocycles. The number of carbonyl (C=O) groups excluding carboxylic acids is 1. The Balaban J connectivity index is 2.07. The average molecular weight is 281 g/mol. The molecule has 1 amide bonds. The Bertz CT molecular complexity index is 543. The number of hydrogen-bond donors (Lipinski definition) is 1. The molecule has 0 unspecified atom stereocenters. The third kappa shape index (κ3) is 4.06. The van der Waals surface area contributed by atoms with E-state index in [9.17, 15) is 13.2 Å². The maximum atomic E-state index is 11.7. The first kappa shape index (κ1) is 14.1. The predicted octanol–water partition coefficient (Wildman–Crippen LogP) is 2.42. The molecule has 0 spiro atoms. The molecule has 1 aromatic rings. The van der Waals surface area contributed by atoms with Crippen LogP contribution in [0.5, 0.6) is 0 Å². The minimum atomic E-state index is -3.50. The summed E-state index contributed by atoms with van der Waals surface area (Å²) in [5.74, 6) is 0.0125. The van der Waals surface area contributed by atoms with Gasteiger partial charge in [0.2, 0.25) is 10.0 Å². The van der Waals surface area contributed by atoms with E-state index in [0.29, 0.717) is 11.5 Å².